The van der Waals surface area contributed by atoms with Crippen LogP contribution in [0.2, 0.25) is 0 Å². The van der Waals surface area contributed by atoms with Gasteiger partial charge in [0.2, 0.25) is 0 Å². The number of fused-ring (bicyclic) bond motifs is 1. The van der Waals surface area contributed by atoms with Crippen molar-refractivity contribution in [3.05, 3.63) is 18.1 Å². The topological polar surface area (TPSA) is 81.4 Å². The number of nitrogens with one attached hydrogen (secondary N) is 1. The molecule has 0 spiro atoms. The van der Waals surface area contributed by atoms with Gasteiger partial charge in [0.15, 0.2) is 0 Å². The van der Waals surface area contributed by atoms with E-state index in [1.807, 2.05) is 40.7 Å². The van der Waals surface area contributed by atoms with Gasteiger partial charge in [-0.15, -0.1) is 0 Å². The van der Waals surface area contributed by atoms with Gasteiger partial charge >= 0.3 is 5.97 Å². The van der Waals surface area contributed by atoms with Crippen molar-refractivity contribution in [3.8, 4) is 0 Å². The van der Waals surface area contributed by atoms with Crippen LogP contribution in [0.15, 0.2) is 12.4 Å². The number of aromatic nitrogens is 4. The minimum Gasteiger partial charge on any atom is -0.469 e. The lowest BCUT2D eigenvalue weighted by Gasteiger charge is -2.40. The summed E-state index contributed by atoms with van der Waals surface area (Å²) in [5, 5.41) is 7.52. The second-order valence-electron chi connectivity index (χ2n) is 6.12. The maximum atomic E-state index is 12.0. The average Bonchev–Trinajstić information content (AvgIpc) is 2.85. The van der Waals surface area contributed by atoms with Crippen molar-refractivity contribution in [1.29, 1.82) is 0 Å². The summed E-state index contributed by atoms with van der Waals surface area (Å²) >= 11 is 0. The monoisotopic (exact) mass is 291 g/mol. The minimum absolute atomic E-state index is 0.277. The molecule has 21 heavy (non-hydrogen) atoms. The maximum Gasteiger partial charge on any atom is 0.313 e. The van der Waals surface area contributed by atoms with Gasteiger partial charge in [0, 0.05) is 17.3 Å². The molecule has 0 atom stereocenters. The Kier molecular flexibility index (Phi) is 3.61. The lowest BCUT2D eigenvalue weighted by molar-refractivity contribution is -0.153. The summed E-state index contributed by atoms with van der Waals surface area (Å²) in [5.41, 5.74) is -0.469. The average molecular weight is 291 g/mol. The first-order valence-corrected chi connectivity index (χ1v) is 6.73. The molecule has 0 aromatic carbocycles. The number of aryl methyl sites for hydroxylation is 1. The van der Waals surface area contributed by atoms with Gasteiger partial charge in [-0.1, -0.05) is 0 Å². The van der Waals surface area contributed by atoms with Crippen LogP contribution in [0.1, 0.15) is 33.4 Å². The van der Waals surface area contributed by atoms with Gasteiger partial charge in [-0.25, -0.2) is 4.98 Å². The number of carbonyl (C=O) groups is 1. The van der Waals surface area contributed by atoms with Gasteiger partial charge in [-0.3, -0.25) is 4.79 Å². The van der Waals surface area contributed by atoms with E-state index in [1.54, 1.807) is 4.52 Å². The van der Waals surface area contributed by atoms with Gasteiger partial charge in [-0.2, -0.15) is 14.6 Å². The number of rotatable bonds is 4. The fraction of sp³-hybridized carbons (Fsp3) is 0.571. The molecule has 0 aliphatic carbocycles. The fourth-order valence-electron chi connectivity index (χ4n) is 2.01. The molecule has 2 aromatic rings. The summed E-state index contributed by atoms with van der Waals surface area (Å²) < 4.78 is 6.52. The number of ether oxygens (including phenoxy) is 1. The molecule has 0 unspecified atom stereocenters. The molecule has 0 saturated heterocycles. The van der Waals surface area contributed by atoms with Crippen LogP contribution >= 0.6 is 0 Å². The number of anilines is 1. The van der Waals surface area contributed by atoms with Crippen molar-refractivity contribution in [2.75, 3.05) is 12.4 Å². The Labute approximate surface area is 123 Å². The van der Waals surface area contributed by atoms with Crippen LogP contribution in [0.5, 0.6) is 0 Å². The van der Waals surface area contributed by atoms with Crippen LogP contribution in [-0.2, 0) is 9.53 Å². The zero-order valence-corrected chi connectivity index (χ0v) is 13.3. The number of methoxy groups -OCH3 is 1. The van der Waals surface area contributed by atoms with Crippen molar-refractivity contribution in [3.63, 3.8) is 0 Å². The highest BCUT2D eigenvalue weighted by molar-refractivity contribution is 5.78. The third-order valence-electron chi connectivity index (χ3n) is 4.08. The van der Waals surface area contributed by atoms with Gasteiger partial charge in [0.25, 0.3) is 5.78 Å². The molecule has 0 saturated carbocycles. The standard InChI is InChI=1S/C14H21N5O2/c1-9-7-10(19-12(17-9)15-8-16-19)18-14(4,5)13(2,3)11(20)21-6/h7-8,18H,1-6H3. The second kappa shape index (κ2) is 4.98. The van der Waals surface area contributed by atoms with E-state index in [1.165, 1.54) is 13.4 Å². The summed E-state index contributed by atoms with van der Waals surface area (Å²) in [7, 11) is 1.40. The Balaban J connectivity index is 2.43. The number of nitrogens with zero attached hydrogens (tertiary/aromatic N) is 4. The first kappa shape index (κ1) is 15.2. The smallest absolute Gasteiger partial charge is 0.313 e. The van der Waals surface area contributed by atoms with E-state index in [-0.39, 0.29) is 5.97 Å². The molecule has 0 bridgehead atoms. The summed E-state index contributed by atoms with van der Waals surface area (Å²) in [6.45, 7) is 9.47. The second-order valence-corrected chi connectivity index (χ2v) is 6.12. The molecule has 7 heteroatoms. The fourth-order valence-corrected chi connectivity index (χ4v) is 2.01. The molecule has 0 aliphatic heterocycles. The van der Waals surface area contributed by atoms with E-state index in [4.69, 9.17) is 4.74 Å². The quantitative estimate of drug-likeness (QED) is 0.865. The van der Waals surface area contributed by atoms with E-state index in [0.717, 1.165) is 11.5 Å². The van der Waals surface area contributed by atoms with Crippen LogP contribution in [0.4, 0.5) is 5.82 Å². The predicted octanol–water partition coefficient (Wildman–Crippen LogP) is 1.82. The summed E-state index contributed by atoms with van der Waals surface area (Å²) in [6, 6.07) is 1.87. The molecular weight excluding hydrogens is 270 g/mol. The van der Waals surface area contributed by atoms with Crippen molar-refractivity contribution in [2.45, 2.75) is 40.2 Å². The molecule has 2 rings (SSSR count). The maximum absolute atomic E-state index is 12.0. The van der Waals surface area contributed by atoms with Gasteiger partial charge in [-0.05, 0) is 34.6 Å². The van der Waals surface area contributed by atoms with E-state index in [9.17, 15) is 4.79 Å². The van der Waals surface area contributed by atoms with Crippen LogP contribution in [0, 0.1) is 12.3 Å². The van der Waals surface area contributed by atoms with Gasteiger partial charge in [0.05, 0.1) is 12.5 Å². The molecule has 0 aliphatic rings. The normalized spacial score (nSPS) is 12.5. The minimum atomic E-state index is -0.730. The van der Waals surface area contributed by atoms with Gasteiger partial charge in [0.1, 0.15) is 12.1 Å². The van der Waals surface area contributed by atoms with Crippen LogP contribution in [0.25, 0.3) is 5.78 Å². The predicted molar refractivity (Wildman–Crippen MR) is 79.0 cm³/mol. The van der Waals surface area contributed by atoms with Crippen LogP contribution < -0.4 is 5.32 Å². The molecule has 1 N–H and O–H groups in total. The summed E-state index contributed by atoms with van der Waals surface area (Å²) in [4.78, 5) is 20.4. The molecule has 2 aromatic heterocycles. The number of esters is 1. The number of carbonyl (C=O) groups excluding carboxylic acids is 1. The molecule has 0 amide bonds. The lowest BCUT2D eigenvalue weighted by Crippen LogP contribution is -2.51. The Morgan fingerprint density at radius 2 is 2.00 bits per heavy atom. The Morgan fingerprint density at radius 3 is 2.62 bits per heavy atom. The van der Waals surface area contributed by atoms with E-state index in [0.29, 0.717) is 5.78 Å². The van der Waals surface area contributed by atoms with Crippen molar-refractivity contribution >= 4 is 17.6 Å². The molecule has 114 valence electrons. The molecule has 0 fully saturated rings. The zero-order chi connectivity index (χ0) is 15.8. The van der Waals surface area contributed by atoms with E-state index in [2.05, 4.69) is 20.4 Å². The van der Waals surface area contributed by atoms with E-state index < -0.39 is 11.0 Å². The Bertz CT molecular complexity index is 675. The third kappa shape index (κ3) is 2.55. The summed E-state index contributed by atoms with van der Waals surface area (Å²) in [6.07, 6.45) is 1.45. The van der Waals surface area contributed by atoms with Crippen LogP contribution in [-0.4, -0.2) is 38.2 Å². The largest absolute Gasteiger partial charge is 0.469 e. The van der Waals surface area contributed by atoms with Crippen molar-refractivity contribution in [1.82, 2.24) is 19.6 Å². The highest BCUT2D eigenvalue weighted by Gasteiger charge is 2.44. The zero-order valence-electron chi connectivity index (χ0n) is 13.3. The highest BCUT2D eigenvalue weighted by Crippen LogP contribution is 2.34. The molecule has 7 nitrogen and oxygen atoms in total. The van der Waals surface area contributed by atoms with Gasteiger partial charge < -0.3 is 10.1 Å². The number of hydrogen-bond donors (Lipinski definition) is 1. The van der Waals surface area contributed by atoms with Crippen molar-refractivity contribution in [2.24, 2.45) is 5.41 Å². The van der Waals surface area contributed by atoms with E-state index >= 15 is 0 Å². The third-order valence-corrected chi connectivity index (χ3v) is 4.08. The summed E-state index contributed by atoms with van der Waals surface area (Å²) in [5.74, 6) is 0.974. The first-order valence-electron chi connectivity index (χ1n) is 6.73. The SMILES string of the molecule is COC(=O)C(C)(C)C(C)(C)Nc1cc(C)nc2ncnn12. The van der Waals surface area contributed by atoms with Crippen LogP contribution in [0.3, 0.4) is 0 Å². The molecule has 2 heterocycles. The molecule has 0 radical (unpaired) electrons. The first-order chi connectivity index (χ1) is 9.69. The molecular formula is C14H21N5O2. The van der Waals surface area contributed by atoms with Crippen molar-refractivity contribution < 1.29 is 9.53 Å². The highest BCUT2D eigenvalue weighted by atomic mass is 16.5. The Morgan fingerprint density at radius 1 is 1.33 bits per heavy atom. The Hall–Kier alpha value is -2.18. The number of hydrogen-bond acceptors (Lipinski definition) is 6. The lowest BCUT2D eigenvalue weighted by atomic mass is 9.74.